The summed E-state index contributed by atoms with van der Waals surface area (Å²) < 4.78 is 0. The lowest BCUT2D eigenvalue weighted by Crippen LogP contribution is -1.68. The van der Waals surface area contributed by atoms with Crippen LogP contribution >= 0.6 is 23.2 Å². The number of hydrogen-bond acceptors (Lipinski definition) is 1. The van der Waals surface area contributed by atoms with Crippen molar-refractivity contribution in [2.45, 2.75) is 0 Å². The Morgan fingerprint density at radius 2 is 2.11 bits per heavy atom. The quantitative estimate of drug-likeness (QED) is 0.621. The lowest BCUT2D eigenvalue weighted by molar-refractivity contribution is 0.476. The molecule has 0 heterocycles. The van der Waals surface area contributed by atoms with Crippen molar-refractivity contribution in [2.24, 2.45) is 0 Å². The fourth-order valence-corrected chi connectivity index (χ4v) is 0.811. The molecule has 1 aromatic carbocycles. The average Bonchev–Trinajstić information content (AvgIpc) is 1.83. The van der Waals surface area contributed by atoms with E-state index in [0.29, 0.717) is 0 Å². The molecule has 3 heteroatoms. The minimum Gasteiger partial charge on any atom is -0.505 e. The number of phenolic OH excluding ortho intramolecular Hbond substituents is 1. The highest BCUT2D eigenvalue weighted by atomic mass is 35.5. The van der Waals surface area contributed by atoms with Crippen LogP contribution < -0.4 is 0 Å². The van der Waals surface area contributed by atoms with Crippen LogP contribution in [0.4, 0.5) is 0 Å². The van der Waals surface area contributed by atoms with Crippen LogP contribution in [0.1, 0.15) is 0 Å². The van der Waals surface area contributed by atoms with Crippen LogP contribution in [0.25, 0.3) is 0 Å². The van der Waals surface area contributed by atoms with E-state index in [9.17, 15) is 0 Å². The van der Waals surface area contributed by atoms with Gasteiger partial charge in [0.1, 0.15) is 0 Å². The first-order valence-corrected chi connectivity index (χ1v) is 3.02. The van der Waals surface area contributed by atoms with Crippen LogP contribution in [-0.4, -0.2) is 5.11 Å². The predicted octanol–water partition coefficient (Wildman–Crippen LogP) is 2.50. The van der Waals surface area contributed by atoms with Crippen LogP contribution in [0.3, 0.4) is 0 Å². The zero-order valence-electron chi connectivity index (χ0n) is 4.36. The van der Waals surface area contributed by atoms with Crippen molar-refractivity contribution < 1.29 is 5.11 Å². The molecule has 0 spiro atoms. The van der Waals surface area contributed by atoms with Gasteiger partial charge < -0.3 is 5.11 Å². The molecule has 47 valence electrons. The fraction of sp³-hybridized carbons (Fsp3) is 0. The topological polar surface area (TPSA) is 20.2 Å². The van der Waals surface area contributed by atoms with E-state index in [1.807, 2.05) is 0 Å². The molecule has 1 aromatic rings. The maximum absolute atomic E-state index is 8.91. The van der Waals surface area contributed by atoms with Gasteiger partial charge in [0.15, 0.2) is 5.75 Å². The van der Waals surface area contributed by atoms with Gasteiger partial charge in [-0.25, -0.2) is 0 Å². The van der Waals surface area contributed by atoms with Crippen LogP contribution in [0, 0.1) is 6.07 Å². The normalized spacial score (nSPS) is 9.56. The van der Waals surface area contributed by atoms with Crippen molar-refractivity contribution in [3.63, 3.8) is 0 Å². The Balaban J connectivity index is 3.25. The van der Waals surface area contributed by atoms with E-state index in [4.69, 9.17) is 28.3 Å². The van der Waals surface area contributed by atoms with E-state index >= 15 is 0 Å². The Hall–Kier alpha value is -0.400. The zero-order valence-corrected chi connectivity index (χ0v) is 5.87. The van der Waals surface area contributed by atoms with Crippen LogP contribution in [0.5, 0.6) is 5.75 Å². The summed E-state index contributed by atoms with van der Waals surface area (Å²) in [7, 11) is 0. The second kappa shape index (κ2) is 2.46. The lowest BCUT2D eigenvalue weighted by atomic mass is 10.3. The van der Waals surface area contributed by atoms with Crippen molar-refractivity contribution in [1.82, 2.24) is 0 Å². The molecule has 0 amide bonds. The van der Waals surface area contributed by atoms with Gasteiger partial charge in [-0.05, 0) is 6.07 Å². The Morgan fingerprint density at radius 1 is 1.44 bits per heavy atom. The second-order valence-corrected chi connectivity index (χ2v) is 2.27. The molecule has 1 radical (unpaired) electrons. The Labute approximate surface area is 62.8 Å². The number of aromatic hydroxyl groups is 1. The van der Waals surface area contributed by atoms with E-state index in [-0.39, 0.29) is 15.8 Å². The monoisotopic (exact) mass is 161 g/mol. The molecule has 0 bridgehead atoms. The average molecular weight is 162 g/mol. The first-order chi connectivity index (χ1) is 4.22. The maximum Gasteiger partial charge on any atom is 0.153 e. The smallest absolute Gasteiger partial charge is 0.153 e. The van der Waals surface area contributed by atoms with Crippen molar-refractivity contribution in [2.75, 3.05) is 0 Å². The highest BCUT2D eigenvalue weighted by molar-refractivity contribution is 6.36. The Morgan fingerprint density at radius 3 is 2.56 bits per heavy atom. The maximum atomic E-state index is 8.91. The molecule has 0 aromatic heterocycles. The van der Waals surface area contributed by atoms with Crippen LogP contribution in [0.15, 0.2) is 12.1 Å². The molecule has 0 fully saturated rings. The summed E-state index contributed by atoms with van der Waals surface area (Å²) in [6.45, 7) is 0. The molecule has 0 aliphatic heterocycles. The molecule has 1 nitrogen and oxygen atoms in total. The number of halogens is 2. The van der Waals surface area contributed by atoms with E-state index in [2.05, 4.69) is 6.07 Å². The second-order valence-electron chi connectivity index (χ2n) is 1.49. The SMILES string of the molecule is Oc1c(Cl)[c]ccc1Cl. The Bertz CT molecular complexity index is 202. The fourth-order valence-electron chi connectivity index (χ4n) is 0.440. The Kier molecular flexibility index (Phi) is 1.84. The number of rotatable bonds is 0. The van der Waals surface area contributed by atoms with Crippen LogP contribution in [0.2, 0.25) is 10.0 Å². The molecule has 0 aliphatic rings. The van der Waals surface area contributed by atoms with Crippen LogP contribution in [-0.2, 0) is 0 Å². The summed E-state index contributed by atoms with van der Waals surface area (Å²) in [5.41, 5.74) is 0. The van der Waals surface area contributed by atoms with Gasteiger partial charge in [-0.2, -0.15) is 0 Å². The van der Waals surface area contributed by atoms with Gasteiger partial charge in [-0.3, -0.25) is 0 Å². The third-order valence-corrected chi connectivity index (χ3v) is 1.47. The van der Waals surface area contributed by atoms with Crippen molar-refractivity contribution in [3.05, 3.63) is 28.2 Å². The molecule has 0 saturated heterocycles. The highest BCUT2D eigenvalue weighted by Crippen LogP contribution is 2.29. The van der Waals surface area contributed by atoms with Gasteiger partial charge in [0.25, 0.3) is 0 Å². The number of phenols is 1. The standard InChI is InChI=1S/C6H3Cl2O/c7-4-2-1-3-5(8)6(4)9/h1-2,9H. The minimum atomic E-state index is -0.110. The minimum absolute atomic E-state index is 0.110. The van der Waals surface area contributed by atoms with Gasteiger partial charge >= 0.3 is 0 Å². The summed E-state index contributed by atoms with van der Waals surface area (Å²) in [5.74, 6) is -0.110. The molecule has 9 heavy (non-hydrogen) atoms. The van der Waals surface area contributed by atoms with E-state index in [1.54, 1.807) is 6.07 Å². The summed E-state index contributed by atoms with van der Waals surface area (Å²) in [4.78, 5) is 0. The van der Waals surface area contributed by atoms with E-state index in [1.165, 1.54) is 6.07 Å². The van der Waals surface area contributed by atoms with E-state index in [0.717, 1.165) is 0 Å². The van der Waals surface area contributed by atoms with Crippen molar-refractivity contribution in [1.29, 1.82) is 0 Å². The third-order valence-electron chi connectivity index (χ3n) is 0.874. The molecular weight excluding hydrogens is 159 g/mol. The van der Waals surface area contributed by atoms with Gasteiger partial charge in [-0.1, -0.05) is 29.3 Å². The molecule has 0 saturated carbocycles. The predicted molar refractivity (Wildman–Crippen MR) is 37.0 cm³/mol. The van der Waals surface area contributed by atoms with Gasteiger partial charge in [0, 0.05) is 6.07 Å². The number of benzene rings is 1. The van der Waals surface area contributed by atoms with Crippen molar-refractivity contribution >= 4 is 23.2 Å². The van der Waals surface area contributed by atoms with Gasteiger partial charge in [0.05, 0.1) is 10.0 Å². The first kappa shape index (κ1) is 6.72. The number of hydrogen-bond donors (Lipinski definition) is 1. The lowest BCUT2D eigenvalue weighted by Gasteiger charge is -1.94. The highest BCUT2D eigenvalue weighted by Gasteiger charge is 2.00. The largest absolute Gasteiger partial charge is 0.505 e. The van der Waals surface area contributed by atoms with Gasteiger partial charge in [-0.15, -0.1) is 0 Å². The summed E-state index contributed by atoms with van der Waals surface area (Å²) in [6, 6.07) is 5.63. The molecular formula is C6H3Cl2O. The molecule has 1 N–H and O–H groups in total. The molecule has 0 aliphatic carbocycles. The molecule has 1 rings (SSSR count). The summed E-state index contributed by atoms with van der Waals surface area (Å²) in [6.07, 6.45) is 0. The molecule has 0 atom stereocenters. The van der Waals surface area contributed by atoms with Crippen molar-refractivity contribution in [3.8, 4) is 5.75 Å². The first-order valence-electron chi connectivity index (χ1n) is 2.26. The molecule has 0 unspecified atom stereocenters. The zero-order chi connectivity index (χ0) is 6.85. The summed E-state index contributed by atoms with van der Waals surface area (Å²) >= 11 is 10.9. The summed E-state index contributed by atoms with van der Waals surface area (Å²) in [5, 5.41) is 9.32. The van der Waals surface area contributed by atoms with E-state index < -0.39 is 0 Å². The third kappa shape index (κ3) is 1.29. The van der Waals surface area contributed by atoms with Gasteiger partial charge in [0.2, 0.25) is 0 Å².